The molecule has 0 spiro atoms. The standard InChI is InChI=1S/C10H26O3SSi2/c1-10(2,3)15(7,8)14-9-16(11-4,12-5)13-6/h9H2,1-8H3. The van der Waals surface area contributed by atoms with Crippen LogP contribution in [0.2, 0.25) is 18.1 Å². The zero-order valence-electron chi connectivity index (χ0n) is 11.8. The molecule has 0 unspecified atom stereocenters. The first-order valence-electron chi connectivity index (χ1n) is 5.43. The molecule has 0 aromatic rings. The van der Waals surface area contributed by atoms with Gasteiger partial charge in [0.2, 0.25) is 0 Å². The molecule has 6 heteroatoms. The van der Waals surface area contributed by atoms with Gasteiger partial charge >= 0.3 is 8.80 Å². The summed E-state index contributed by atoms with van der Waals surface area (Å²) in [6.45, 7) is 11.7. The van der Waals surface area contributed by atoms with Gasteiger partial charge in [-0.1, -0.05) is 33.9 Å². The number of rotatable bonds is 6. The third-order valence-electron chi connectivity index (χ3n) is 3.35. The lowest BCUT2D eigenvalue weighted by molar-refractivity contribution is 0.131. The van der Waals surface area contributed by atoms with Crippen molar-refractivity contribution in [2.24, 2.45) is 0 Å². The summed E-state index contributed by atoms with van der Waals surface area (Å²) < 4.78 is 16.3. The lowest BCUT2D eigenvalue weighted by Gasteiger charge is -2.37. The normalized spacial score (nSPS) is 14.2. The molecule has 0 aliphatic heterocycles. The van der Waals surface area contributed by atoms with E-state index in [0.29, 0.717) is 5.04 Å². The van der Waals surface area contributed by atoms with Crippen LogP contribution in [-0.2, 0) is 13.3 Å². The molecule has 0 heterocycles. The van der Waals surface area contributed by atoms with Crippen LogP contribution in [0.3, 0.4) is 0 Å². The molecule has 0 N–H and O–H groups in total. The van der Waals surface area contributed by atoms with Crippen molar-refractivity contribution >= 4 is 27.2 Å². The van der Waals surface area contributed by atoms with E-state index in [2.05, 4.69) is 33.9 Å². The Balaban J connectivity index is 4.54. The maximum absolute atomic E-state index is 5.44. The Morgan fingerprint density at radius 1 is 0.938 bits per heavy atom. The molecule has 3 nitrogen and oxygen atoms in total. The van der Waals surface area contributed by atoms with Gasteiger partial charge in [0.05, 0.1) is 5.38 Å². The molecule has 0 amide bonds. The van der Waals surface area contributed by atoms with Gasteiger partial charge in [0, 0.05) is 21.3 Å². The Hall–Kier alpha value is 0.664. The minimum atomic E-state index is -2.41. The van der Waals surface area contributed by atoms with Gasteiger partial charge < -0.3 is 13.3 Å². The van der Waals surface area contributed by atoms with Crippen LogP contribution in [0.4, 0.5) is 0 Å². The largest absolute Gasteiger partial charge is 0.510 e. The summed E-state index contributed by atoms with van der Waals surface area (Å²) in [6, 6.07) is 0. The Bertz CT molecular complexity index is 202. The molecule has 0 aromatic carbocycles. The zero-order chi connectivity index (χ0) is 13.0. The predicted octanol–water partition coefficient (Wildman–Crippen LogP) is 3.14. The maximum atomic E-state index is 5.44. The van der Waals surface area contributed by atoms with E-state index in [-0.39, 0.29) is 0 Å². The second-order valence-electron chi connectivity index (χ2n) is 5.34. The van der Waals surface area contributed by atoms with Crippen molar-refractivity contribution in [3.63, 3.8) is 0 Å². The molecular weight excluding hydrogens is 256 g/mol. The summed E-state index contributed by atoms with van der Waals surface area (Å²) in [5.74, 6) is 0. The van der Waals surface area contributed by atoms with Crippen molar-refractivity contribution in [2.75, 3.05) is 26.7 Å². The summed E-state index contributed by atoms with van der Waals surface area (Å²) in [5.41, 5.74) is 0. The summed E-state index contributed by atoms with van der Waals surface area (Å²) in [4.78, 5) is 0. The van der Waals surface area contributed by atoms with Crippen molar-refractivity contribution in [2.45, 2.75) is 38.9 Å². The van der Waals surface area contributed by atoms with Crippen molar-refractivity contribution < 1.29 is 13.3 Å². The maximum Gasteiger partial charge on any atom is 0.510 e. The highest BCUT2D eigenvalue weighted by Crippen LogP contribution is 2.44. The second kappa shape index (κ2) is 6.01. The molecule has 0 bridgehead atoms. The minimum absolute atomic E-state index is 0.368. The molecule has 0 fully saturated rings. The Labute approximate surface area is 106 Å². The molecule has 98 valence electrons. The average Bonchev–Trinajstić information content (AvgIpc) is 2.19. The summed E-state index contributed by atoms with van der Waals surface area (Å²) in [5, 5.41) is 1.21. The third kappa shape index (κ3) is 4.16. The van der Waals surface area contributed by atoms with Crippen molar-refractivity contribution in [1.29, 1.82) is 0 Å². The molecule has 0 radical (unpaired) electrons. The van der Waals surface area contributed by atoms with Gasteiger partial charge in [0.1, 0.15) is 7.22 Å². The van der Waals surface area contributed by atoms with E-state index < -0.39 is 16.0 Å². The third-order valence-corrected chi connectivity index (χ3v) is 16.8. The van der Waals surface area contributed by atoms with E-state index in [1.165, 1.54) is 0 Å². The molecule has 0 saturated carbocycles. The highest BCUT2D eigenvalue weighted by Gasteiger charge is 2.43. The predicted molar refractivity (Wildman–Crippen MR) is 76.4 cm³/mol. The SMILES string of the molecule is CO[Si](CS[Si](C)(C)C(C)(C)C)(OC)OC. The molecule has 0 aliphatic carbocycles. The van der Waals surface area contributed by atoms with Crippen LogP contribution in [0.5, 0.6) is 0 Å². The highest BCUT2D eigenvalue weighted by molar-refractivity contribution is 8.29. The summed E-state index contributed by atoms with van der Waals surface area (Å²) in [6.07, 6.45) is 0. The monoisotopic (exact) mass is 282 g/mol. The van der Waals surface area contributed by atoms with Gasteiger partial charge in [-0.05, 0) is 5.04 Å². The number of hydrogen-bond acceptors (Lipinski definition) is 4. The minimum Gasteiger partial charge on any atom is -0.376 e. The van der Waals surface area contributed by atoms with Crippen LogP contribution in [-0.4, -0.2) is 42.7 Å². The van der Waals surface area contributed by atoms with Crippen molar-refractivity contribution in [3.8, 4) is 0 Å². The topological polar surface area (TPSA) is 27.7 Å². The van der Waals surface area contributed by atoms with E-state index in [9.17, 15) is 0 Å². The van der Waals surface area contributed by atoms with Crippen LogP contribution in [0.15, 0.2) is 0 Å². The van der Waals surface area contributed by atoms with Gasteiger partial charge in [0.25, 0.3) is 0 Å². The molecule has 0 aromatic heterocycles. The molecular formula is C10H26O3SSi2. The van der Waals surface area contributed by atoms with Crippen LogP contribution in [0, 0.1) is 0 Å². The summed E-state index contributed by atoms with van der Waals surface area (Å²) >= 11 is 1.99. The van der Waals surface area contributed by atoms with E-state index in [1.54, 1.807) is 21.3 Å². The van der Waals surface area contributed by atoms with E-state index in [4.69, 9.17) is 13.3 Å². The molecule has 0 rings (SSSR count). The van der Waals surface area contributed by atoms with E-state index in [0.717, 1.165) is 5.38 Å². The first kappa shape index (κ1) is 16.7. The van der Waals surface area contributed by atoms with Crippen molar-refractivity contribution in [3.05, 3.63) is 0 Å². The van der Waals surface area contributed by atoms with Gasteiger partial charge in [-0.3, -0.25) is 0 Å². The van der Waals surface area contributed by atoms with Gasteiger partial charge in [-0.25, -0.2) is 0 Å². The fraction of sp³-hybridized carbons (Fsp3) is 1.00. The van der Waals surface area contributed by atoms with Crippen LogP contribution >= 0.6 is 11.2 Å². The van der Waals surface area contributed by atoms with Gasteiger partial charge in [0.15, 0.2) is 0 Å². The second-order valence-corrected chi connectivity index (χ2v) is 17.8. The van der Waals surface area contributed by atoms with Gasteiger partial charge in [-0.2, -0.15) is 11.2 Å². The Morgan fingerprint density at radius 2 is 1.31 bits per heavy atom. The molecule has 0 saturated heterocycles. The highest BCUT2D eigenvalue weighted by atomic mass is 32.4. The lowest BCUT2D eigenvalue weighted by Crippen LogP contribution is -2.48. The lowest BCUT2D eigenvalue weighted by atomic mass is 10.2. The smallest absolute Gasteiger partial charge is 0.376 e. The van der Waals surface area contributed by atoms with Gasteiger partial charge in [-0.15, -0.1) is 0 Å². The molecule has 16 heavy (non-hydrogen) atoms. The number of hydrogen-bond donors (Lipinski definition) is 0. The van der Waals surface area contributed by atoms with Crippen LogP contribution in [0.1, 0.15) is 20.8 Å². The fourth-order valence-corrected chi connectivity index (χ4v) is 11.5. The Morgan fingerprint density at radius 3 is 1.56 bits per heavy atom. The quantitative estimate of drug-likeness (QED) is 0.700. The summed E-state index contributed by atoms with van der Waals surface area (Å²) in [7, 11) is 1.26. The van der Waals surface area contributed by atoms with E-state index in [1.807, 2.05) is 11.2 Å². The molecule has 0 aliphatic rings. The van der Waals surface area contributed by atoms with Crippen LogP contribution < -0.4 is 0 Å². The zero-order valence-corrected chi connectivity index (χ0v) is 14.7. The van der Waals surface area contributed by atoms with Crippen molar-refractivity contribution in [1.82, 2.24) is 0 Å². The van der Waals surface area contributed by atoms with E-state index >= 15 is 0 Å². The Kier molecular flexibility index (Phi) is 6.26. The average molecular weight is 283 g/mol. The first-order valence-corrected chi connectivity index (χ1v) is 12.1. The van der Waals surface area contributed by atoms with Crippen LogP contribution in [0.25, 0.3) is 0 Å². The molecule has 0 atom stereocenters. The first-order chi connectivity index (χ1) is 7.14. The fourth-order valence-electron chi connectivity index (χ4n) is 0.912.